The van der Waals surface area contributed by atoms with Crippen molar-refractivity contribution in [2.24, 2.45) is 0 Å². The van der Waals surface area contributed by atoms with Gasteiger partial charge in [0.05, 0.1) is 0 Å². The predicted molar refractivity (Wildman–Crippen MR) is 60.9 cm³/mol. The molecular formula is C10H12N3O3S. The third-order valence-electron chi connectivity index (χ3n) is 2.63. The highest BCUT2D eigenvalue weighted by molar-refractivity contribution is 7.69. The summed E-state index contributed by atoms with van der Waals surface area (Å²) in [6, 6.07) is 2.61. The van der Waals surface area contributed by atoms with E-state index in [1.807, 2.05) is 0 Å². The maximum Gasteiger partial charge on any atom is 0.270 e. The number of ketones is 1. The fraction of sp³-hybridized carbons (Fsp3) is 0.400. The lowest BCUT2D eigenvalue weighted by atomic mass is 10.0. The molecule has 91 valence electrons. The zero-order chi connectivity index (χ0) is 12.3. The number of piperazine rings is 1. The Bertz CT molecular complexity index is 467. The molecule has 1 N–H and O–H groups in total. The van der Waals surface area contributed by atoms with E-state index in [9.17, 15) is 13.2 Å². The molecule has 17 heavy (non-hydrogen) atoms. The average Bonchev–Trinajstić information content (AvgIpc) is 2.39. The topological polar surface area (TPSA) is 79.4 Å². The maximum absolute atomic E-state index is 12.1. The molecule has 0 saturated carbocycles. The zero-order valence-corrected chi connectivity index (χ0v) is 9.85. The molecule has 7 heteroatoms. The molecule has 1 aromatic heterocycles. The molecule has 0 aliphatic carbocycles. The molecule has 0 spiro atoms. The molecule has 1 aromatic rings. The van der Waals surface area contributed by atoms with Gasteiger partial charge in [0.1, 0.15) is 6.04 Å². The molecule has 1 unspecified atom stereocenters. The van der Waals surface area contributed by atoms with Gasteiger partial charge in [-0.1, -0.05) is 0 Å². The fourth-order valence-electron chi connectivity index (χ4n) is 1.79. The van der Waals surface area contributed by atoms with Gasteiger partial charge in [-0.2, -0.15) is 12.7 Å². The Morgan fingerprint density at radius 1 is 1.53 bits per heavy atom. The molecule has 0 amide bonds. The summed E-state index contributed by atoms with van der Waals surface area (Å²) in [4.78, 5) is 16.0. The molecule has 0 aromatic carbocycles. The van der Waals surface area contributed by atoms with E-state index in [4.69, 9.17) is 0 Å². The maximum atomic E-state index is 12.1. The van der Waals surface area contributed by atoms with Crippen LogP contribution in [0.15, 0.2) is 24.5 Å². The first-order valence-electron chi connectivity index (χ1n) is 5.21. The van der Waals surface area contributed by atoms with Crippen molar-refractivity contribution in [3.05, 3.63) is 30.1 Å². The average molecular weight is 254 g/mol. The molecule has 1 atom stereocenters. The van der Waals surface area contributed by atoms with Crippen LogP contribution in [0.5, 0.6) is 0 Å². The molecule has 1 aliphatic rings. The highest BCUT2D eigenvalue weighted by atomic mass is 32.2. The van der Waals surface area contributed by atoms with Gasteiger partial charge in [0.15, 0.2) is 5.78 Å². The van der Waals surface area contributed by atoms with Crippen LogP contribution in [-0.2, 0) is 10.9 Å². The van der Waals surface area contributed by atoms with E-state index in [0.717, 1.165) is 0 Å². The van der Waals surface area contributed by atoms with Crippen LogP contribution in [0.1, 0.15) is 10.4 Å². The van der Waals surface area contributed by atoms with Crippen LogP contribution in [-0.4, -0.2) is 49.2 Å². The molecule has 2 heterocycles. The van der Waals surface area contributed by atoms with Crippen LogP contribution in [0.25, 0.3) is 0 Å². The monoisotopic (exact) mass is 254 g/mol. The minimum atomic E-state index is -2.37. The highest BCUT2D eigenvalue weighted by Gasteiger charge is 2.32. The van der Waals surface area contributed by atoms with Crippen molar-refractivity contribution >= 4 is 16.7 Å². The number of hydrogen-bond acceptors (Lipinski definition) is 5. The second-order valence-electron chi connectivity index (χ2n) is 3.68. The molecule has 6 nitrogen and oxygen atoms in total. The van der Waals surface area contributed by atoms with E-state index < -0.39 is 16.9 Å². The first-order chi connectivity index (χ1) is 8.20. The standard InChI is InChI=1S/C10H12N3O3S/c14-10(8-2-1-3-11-6-8)9-7-12-4-5-13(9)17(15)16/h1-3,6,9,12H,4-5,7H2. The Morgan fingerprint density at radius 2 is 2.35 bits per heavy atom. The number of nitrogens with one attached hydrogen (secondary N) is 1. The summed E-state index contributed by atoms with van der Waals surface area (Å²) in [6.45, 7) is 1.21. The number of hydrogen-bond donors (Lipinski definition) is 1. The molecule has 0 bridgehead atoms. The summed E-state index contributed by atoms with van der Waals surface area (Å²) in [5, 5.41) is 3.01. The summed E-state index contributed by atoms with van der Waals surface area (Å²) < 4.78 is 23.2. The number of rotatable bonds is 3. The van der Waals surface area contributed by atoms with Crippen molar-refractivity contribution in [3.8, 4) is 0 Å². The lowest BCUT2D eigenvalue weighted by Gasteiger charge is -2.29. The van der Waals surface area contributed by atoms with Gasteiger partial charge in [-0.3, -0.25) is 9.78 Å². The van der Waals surface area contributed by atoms with Crippen LogP contribution in [0.4, 0.5) is 0 Å². The van der Waals surface area contributed by atoms with Crippen molar-refractivity contribution in [2.45, 2.75) is 6.04 Å². The summed E-state index contributed by atoms with van der Waals surface area (Å²) in [7, 11) is -2.37. The number of nitrogens with zero attached hydrogens (tertiary/aromatic N) is 2. The van der Waals surface area contributed by atoms with E-state index in [0.29, 0.717) is 25.2 Å². The minimum absolute atomic E-state index is 0.227. The smallest absolute Gasteiger partial charge is 0.270 e. The van der Waals surface area contributed by atoms with E-state index in [-0.39, 0.29) is 5.78 Å². The number of pyridine rings is 1. The molecule has 1 radical (unpaired) electrons. The third-order valence-corrected chi connectivity index (χ3v) is 3.45. The highest BCUT2D eigenvalue weighted by Crippen LogP contribution is 2.10. The zero-order valence-electron chi connectivity index (χ0n) is 9.04. The number of Topliss-reactive ketones (excluding diaryl/α,β-unsaturated/α-hetero) is 1. The normalized spacial score (nSPS) is 21.1. The number of carbonyl (C=O) groups is 1. The summed E-state index contributed by atoms with van der Waals surface area (Å²) in [6.07, 6.45) is 3.02. The van der Waals surface area contributed by atoms with Crippen LogP contribution >= 0.6 is 0 Å². The SMILES string of the molecule is O=C(c1cccnc1)C1CNCCN1[S](=O)=O. The second kappa shape index (κ2) is 5.26. The largest absolute Gasteiger partial charge is 0.313 e. The van der Waals surface area contributed by atoms with Gasteiger partial charge in [-0.15, -0.1) is 0 Å². The van der Waals surface area contributed by atoms with E-state index >= 15 is 0 Å². The fourth-order valence-corrected chi connectivity index (χ4v) is 2.41. The van der Waals surface area contributed by atoms with Crippen molar-refractivity contribution in [1.29, 1.82) is 0 Å². The number of aromatic nitrogens is 1. The van der Waals surface area contributed by atoms with E-state index in [1.54, 1.807) is 18.3 Å². The first kappa shape index (κ1) is 12.0. The van der Waals surface area contributed by atoms with Gasteiger partial charge in [-0.25, -0.2) is 0 Å². The summed E-state index contributed by atoms with van der Waals surface area (Å²) >= 11 is 0. The van der Waals surface area contributed by atoms with Crippen molar-refractivity contribution in [1.82, 2.24) is 14.6 Å². The lowest BCUT2D eigenvalue weighted by molar-refractivity contribution is 0.0878. The van der Waals surface area contributed by atoms with Gasteiger partial charge in [0, 0.05) is 37.6 Å². The van der Waals surface area contributed by atoms with Gasteiger partial charge in [0.25, 0.3) is 10.9 Å². The Hall–Kier alpha value is -1.44. The van der Waals surface area contributed by atoms with Crippen LogP contribution in [0, 0.1) is 0 Å². The molecule has 2 rings (SSSR count). The molecule has 1 aliphatic heterocycles. The van der Waals surface area contributed by atoms with Crippen molar-refractivity contribution < 1.29 is 13.2 Å². The van der Waals surface area contributed by atoms with Crippen molar-refractivity contribution in [3.63, 3.8) is 0 Å². The van der Waals surface area contributed by atoms with E-state index in [1.165, 1.54) is 10.5 Å². The first-order valence-corrected chi connectivity index (χ1v) is 6.24. The quantitative estimate of drug-likeness (QED) is 0.724. The number of carbonyl (C=O) groups excluding carboxylic acids is 1. The van der Waals surface area contributed by atoms with Gasteiger partial charge >= 0.3 is 0 Å². The third kappa shape index (κ3) is 2.63. The van der Waals surface area contributed by atoms with Crippen LogP contribution in [0.2, 0.25) is 0 Å². The molecule has 1 saturated heterocycles. The van der Waals surface area contributed by atoms with E-state index in [2.05, 4.69) is 10.3 Å². The molecule has 1 fully saturated rings. The van der Waals surface area contributed by atoms with Gasteiger partial charge in [-0.05, 0) is 12.1 Å². The lowest BCUT2D eigenvalue weighted by Crippen LogP contribution is -2.54. The Balaban J connectivity index is 2.23. The predicted octanol–water partition coefficient (Wildman–Crippen LogP) is -0.668. The van der Waals surface area contributed by atoms with Crippen LogP contribution < -0.4 is 5.32 Å². The molecular weight excluding hydrogens is 242 g/mol. The second-order valence-corrected chi connectivity index (χ2v) is 4.59. The van der Waals surface area contributed by atoms with Crippen molar-refractivity contribution in [2.75, 3.05) is 19.6 Å². The van der Waals surface area contributed by atoms with Crippen LogP contribution in [0.3, 0.4) is 0 Å². The minimum Gasteiger partial charge on any atom is -0.313 e. The Labute approximate surface area is 101 Å². The Kier molecular flexibility index (Phi) is 3.72. The Morgan fingerprint density at radius 3 is 3.00 bits per heavy atom. The summed E-state index contributed by atoms with van der Waals surface area (Å²) in [5.74, 6) is -0.227. The van der Waals surface area contributed by atoms with Gasteiger partial charge in [0.2, 0.25) is 0 Å². The van der Waals surface area contributed by atoms with Gasteiger partial charge < -0.3 is 5.32 Å². The summed E-state index contributed by atoms with van der Waals surface area (Å²) in [5.41, 5.74) is 0.427.